The molecule has 4 heteroatoms. The molecule has 0 bridgehead atoms. The van der Waals surface area contributed by atoms with Crippen LogP contribution < -0.4 is 0 Å². The number of aliphatic hydroxyl groups excluding tert-OH is 1. The van der Waals surface area contributed by atoms with Gasteiger partial charge in [-0.15, -0.1) is 0 Å². The fraction of sp³-hybridized carbons (Fsp3) is 0.889. The number of ketones is 1. The molecular weight excluding hydrogens is 280 g/mol. The first-order chi connectivity index (χ1) is 10.5. The molecular formula is C18H34O4. The van der Waals surface area contributed by atoms with Gasteiger partial charge < -0.3 is 10.2 Å². The van der Waals surface area contributed by atoms with E-state index in [1.54, 1.807) is 0 Å². The molecule has 0 aromatic carbocycles. The Morgan fingerprint density at radius 1 is 0.818 bits per heavy atom. The minimum Gasteiger partial charge on any atom is -0.481 e. The summed E-state index contributed by atoms with van der Waals surface area (Å²) in [5.74, 6) is -2.74. The average Bonchev–Trinajstić information content (AvgIpc) is 2.46. The largest absolute Gasteiger partial charge is 0.481 e. The molecule has 4 nitrogen and oxygen atoms in total. The first kappa shape index (κ1) is 21.1. The Balaban J connectivity index is 4.01. The predicted octanol–water partition coefficient (Wildman–Crippen LogP) is 4.34. The Kier molecular flexibility index (Phi) is 13.2. The van der Waals surface area contributed by atoms with Crippen LogP contribution in [0, 0.1) is 5.92 Å². The summed E-state index contributed by atoms with van der Waals surface area (Å²) in [4.78, 5) is 23.3. The lowest BCUT2D eigenvalue weighted by Crippen LogP contribution is -2.35. The highest BCUT2D eigenvalue weighted by molar-refractivity contribution is 5.98. The van der Waals surface area contributed by atoms with Crippen molar-refractivity contribution < 1.29 is 19.8 Å². The van der Waals surface area contributed by atoms with Crippen molar-refractivity contribution in [2.24, 2.45) is 5.92 Å². The Morgan fingerprint density at radius 2 is 1.32 bits per heavy atom. The van der Waals surface area contributed by atoms with Gasteiger partial charge in [-0.2, -0.15) is 0 Å². The Labute approximate surface area is 135 Å². The van der Waals surface area contributed by atoms with Crippen LogP contribution in [0.2, 0.25) is 0 Å². The number of aliphatic carboxylic acids is 1. The van der Waals surface area contributed by atoms with Crippen molar-refractivity contribution >= 4 is 11.8 Å². The summed E-state index contributed by atoms with van der Waals surface area (Å²) in [6, 6.07) is 0. The monoisotopic (exact) mass is 314 g/mol. The summed E-state index contributed by atoms with van der Waals surface area (Å²) >= 11 is 0. The molecule has 0 amide bonds. The Bertz CT molecular complexity index is 301. The lowest BCUT2D eigenvalue weighted by atomic mass is 9.90. The summed E-state index contributed by atoms with van der Waals surface area (Å²) in [6.45, 7) is 4.23. The summed E-state index contributed by atoms with van der Waals surface area (Å²) < 4.78 is 0. The molecule has 2 unspecified atom stereocenters. The minimum absolute atomic E-state index is 0.273. The van der Waals surface area contributed by atoms with Crippen molar-refractivity contribution in [3.8, 4) is 0 Å². The van der Waals surface area contributed by atoms with Gasteiger partial charge in [0.25, 0.3) is 0 Å². The molecule has 0 rings (SSSR count). The number of rotatable bonds is 15. The van der Waals surface area contributed by atoms with E-state index in [1.165, 1.54) is 25.7 Å². The highest BCUT2D eigenvalue weighted by Gasteiger charge is 2.32. The molecule has 0 aliphatic carbocycles. The molecule has 2 N–H and O–H groups in total. The summed E-state index contributed by atoms with van der Waals surface area (Å²) in [5.41, 5.74) is 0. The molecule has 22 heavy (non-hydrogen) atoms. The van der Waals surface area contributed by atoms with Crippen molar-refractivity contribution in [3.63, 3.8) is 0 Å². The van der Waals surface area contributed by atoms with Crippen molar-refractivity contribution in [2.45, 2.75) is 97.0 Å². The fourth-order valence-electron chi connectivity index (χ4n) is 2.70. The van der Waals surface area contributed by atoms with Crippen LogP contribution in [0.4, 0.5) is 0 Å². The molecule has 0 aliphatic heterocycles. The number of unbranched alkanes of at least 4 members (excludes halogenated alkanes) is 8. The van der Waals surface area contributed by atoms with Crippen LogP contribution in [-0.2, 0) is 9.59 Å². The smallest absolute Gasteiger partial charge is 0.316 e. The first-order valence-corrected chi connectivity index (χ1v) is 8.98. The van der Waals surface area contributed by atoms with Gasteiger partial charge in [-0.25, -0.2) is 0 Å². The fourth-order valence-corrected chi connectivity index (χ4v) is 2.70. The third kappa shape index (κ3) is 9.93. The van der Waals surface area contributed by atoms with Crippen LogP contribution in [-0.4, -0.2) is 28.1 Å². The molecule has 0 radical (unpaired) electrons. The highest BCUT2D eigenvalue weighted by atomic mass is 16.4. The third-order valence-electron chi connectivity index (χ3n) is 4.13. The molecule has 0 spiro atoms. The van der Waals surface area contributed by atoms with Crippen LogP contribution in [0.15, 0.2) is 0 Å². The Morgan fingerprint density at radius 3 is 1.86 bits per heavy atom. The van der Waals surface area contributed by atoms with E-state index >= 15 is 0 Å². The molecule has 0 aliphatic rings. The lowest BCUT2D eigenvalue weighted by molar-refractivity contribution is -0.151. The summed E-state index contributed by atoms with van der Waals surface area (Å²) in [5, 5.41) is 19.2. The number of carboxylic acid groups (broad SMARTS) is 1. The second kappa shape index (κ2) is 13.7. The van der Waals surface area contributed by atoms with Gasteiger partial charge in [-0.05, 0) is 12.8 Å². The number of carbonyl (C=O) groups is 2. The van der Waals surface area contributed by atoms with Gasteiger partial charge in [-0.1, -0.05) is 71.6 Å². The maximum absolute atomic E-state index is 12.1. The molecule has 0 aromatic rings. The van der Waals surface area contributed by atoms with Gasteiger partial charge in [0.2, 0.25) is 0 Å². The van der Waals surface area contributed by atoms with Crippen molar-refractivity contribution in [1.82, 2.24) is 0 Å². The van der Waals surface area contributed by atoms with E-state index in [2.05, 4.69) is 6.92 Å². The number of Topliss-reactive ketones (excluding diaryl/α,β-unsaturated/α-hetero) is 1. The van der Waals surface area contributed by atoms with E-state index in [0.29, 0.717) is 6.42 Å². The number of aliphatic hydroxyl groups is 1. The standard InChI is InChI=1S/C18H34O4/c1-3-5-7-8-9-10-12-14-16(20)17(18(21)22)15(19)13-11-6-4-2/h15,17,19H,3-14H2,1-2H3,(H,21,22). The highest BCUT2D eigenvalue weighted by Crippen LogP contribution is 2.17. The second-order valence-electron chi connectivity index (χ2n) is 6.22. The molecule has 0 heterocycles. The number of carbonyl (C=O) groups excluding carboxylic acids is 1. The minimum atomic E-state index is -1.24. The van der Waals surface area contributed by atoms with Crippen molar-refractivity contribution in [2.75, 3.05) is 0 Å². The zero-order valence-electron chi connectivity index (χ0n) is 14.4. The molecule has 0 fully saturated rings. The zero-order valence-corrected chi connectivity index (χ0v) is 14.4. The van der Waals surface area contributed by atoms with E-state index < -0.39 is 18.0 Å². The summed E-state index contributed by atoms with van der Waals surface area (Å²) in [7, 11) is 0. The Hall–Kier alpha value is -0.900. The topological polar surface area (TPSA) is 74.6 Å². The second-order valence-corrected chi connectivity index (χ2v) is 6.22. The van der Waals surface area contributed by atoms with Gasteiger partial charge in [0.15, 0.2) is 0 Å². The molecule has 0 saturated carbocycles. The van der Waals surface area contributed by atoms with Gasteiger partial charge in [-0.3, -0.25) is 9.59 Å². The van der Waals surface area contributed by atoms with E-state index in [4.69, 9.17) is 0 Å². The average molecular weight is 314 g/mol. The predicted molar refractivity (Wildman–Crippen MR) is 88.9 cm³/mol. The zero-order chi connectivity index (χ0) is 16.8. The maximum atomic E-state index is 12.1. The van der Waals surface area contributed by atoms with Crippen LogP contribution in [0.25, 0.3) is 0 Å². The molecule has 2 atom stereocenters. The van der Waals surface area contributed by atoms with Gasteiger partial charge in [0, 0.05) is 6.42 Å². The van der Waals surface area contributed by atoms with Gasteiger partial charge in [0.1, 0.15) is 11.7 Å². The molecule has 0 aromatic heterocycles. The number of hydrogen-bond donors (Lipinski definition) is 2. The van der Waals surface area contributed by atoms with E-state index in [-0.39, 0.29) is 12.2 Å². The number of hydrogen-bond acceptors (Lipinski definition) is 3. The van der Waals surface area contributed by atoms with Crippen LogP contribution >= 0.6 is 0 Å². The van der Waals surface area contributed by atoms with Gasteiger partial charge >= 0.3 is 5.97 Å². The molecule has 130 valence electrons. The lowest BCUT2D eigenvalue weighted by Gasteiger charge is -2.18. The third-order valence-corrected chi connectivity index (χ3v) is 4.13. The van der Waals surface area contributed by atoms with Gasteiger partial charge in [0.05, 0.1) is 6.10 Å². The number of carboxylic acids is 1. The van der Waals surface area contributed by atoms with Crippen molar-refractivity contribution in [3.05, 3.63) is 0 Å². The van der Waals surface area contributed by atoms with Crippen LogP contribution in [0.3, 0.4) is 0 Å². The maximum Gasteiger partial charge on any atom is 0.316 e. The normalized spacial score (nSPS) is 13.8. The van der Waals surface area contributed by atoms with E-state index in [9.17, 15) is 19.8 Å². The van der Waals surface area contributed by atoms with Crippen LogP contribution in [0.5, 0.6) is 0 Å². The van der Waals surface area contributed by atoms with E-state index in [0.717, 1.165) is 38.5 Å². The van der Waals surface area contributed by atoms with Crippen molar-refractivity contribution in [1.29, 1.82) is 0 Å². The SMILES string of the molecule is CCCCCCCCCC(=O)C(C(=O)O)C(O)CCCCC. The van der Waals surface area contributed by atoms with Crippen LogP contribution in [0.1, 0.15) is 90.9 Å². The van der Waals surface area contributed by atoms with E-state index in [1.807, 2.05) is 6.92 Å². The molecule has 0 saturated heterocycles. The first-order valence-electron chi connectivity index (χ1n) is 8.98. The summed E-state index contributed by atoms with van der Waals surface area (Å²) in [6.07, 6.45) is 10.1. The quantitative estimate of drug-likeness (QED) is 0.348.